The molecule has 0 amide bonds. The molecule has 1 unspecified atom stereocenters. The quantitative estimate of drug-likeness (QED) is 0.109. The van der Waals surface area contributed by atoms with E-state index in [2.05, 4.69) is 13.8 Å². The van der Waals surface area contributed by atoms with E-state index in [1.54, 1.807) is 0 Å². The molecule has 0 radical (unpaired) electrons. The van der Waals surface area contributed by atoms with Crippen molar-refractivity contribution in [2.75, 3.05) is 13.2 Å². The number of unbranched alkanes of at least 4 members (excludes halogenated alkanes) is 17. The van der Waals surface area contributed by atoms with Crippen LogP contribution < -0.4 is 0 Å². The van der Waals surface area contributed by atoms with E-state index in [9.17, 15) is 14.7 Å². The number of ether oxygens (including phenoxy) is 2. The molecular weight excluding hydrogens is 416 g/mol. The summed E-state index contributed by atoms with van der Waals surface area (Å²) in [5.41, 5.74) is 0. The maximum Gasteiger partial charge on any atom is 0.306 e. The zero-order valence-electron chi connectivity index (χ0n) is 21.9. The average Bonchev–Trinajstić information content (AvgIpc) is 2.81. The maximum absolute atomic E-state index is 12.0. The number of esters is 2. The Balaban J connectivity index is 3.53. The molecule has 33 heavy (non-hydrogen) atoms. The lowest BCUT2D eigenvalue weighted by Crippen LogP contribution is -2.28. The molecule has 0 spiro atoms. The highest BCUT2D eigenvalue weighted by Gasteiger charge is 2.16. The molecule has 0 aliphatic rings. The van der Waals surface area contributed by atoms with E-state index in [-0.39, 0.29) is 25.2 Å². The van der Waals surface area contributed by atoms with Gasteiger partial charge in [-0.05, 0) is 12.8 Å². The van der Waals surface area contributed by atoms with Crippen molar-refractivity contribution in [1.82, 2.24) is 0 Å². The van der Waals surface area contributed by atoms with Crippen LogP contribution in [0.4, 0.5) is 0 Å². The van der Waals surface area contributed by atoms with E-state index in [1.165, 1.54) is 83.5 Å². The molecular formula is C28H54O5. The number of hydrogen-bond donors (Lipinski definition) is 1. The van der Waals surface area contributed by atoms with Crippen molar-refractivity contribution in [3.8, 4) is 0 Å². The number of rotatable bonds is 25. The number of aliphatic hydroxyl groups excluding tert-OH is 1. The second-order valence-electron chi connectivity index (χ2n) is 9.49. The molecule has 0 aromatic heterocycles. The molecule has 0 aromatic rings. The molecule has 0 aromatic carbocycles. The largest absolute Gasteiger partial charge is 0.462 e. The number of carbonyl (C=O) groups is 2. The van der Waals surface area contributed by atoms with Gasteiger partial charge in [-0.25, -0.2) is 0 Å². The Morgan fingerprint density at radius 2 is 0.939 bits per heavy atom. The minimum atomic E-state index is -0.756. The summed E-state index contributed by atoms with van der Waals surface area (Å²) < 4.78 is 10.4. The summed E-state index contributed by atoms with van der Waals surface area (Å²) in [6, 6.07) is 0. The predicted molar refractivity (Wildman–Crippen MR) is 136 cm³/mol. The van der Waals surface area contributed by atoms with Crippen LogP contribution in [0.5, 0.6) is 0 Å². The van der Waals surface area contributed by atoms with Crippen molar-refractivity contribution in [1.29, 1.82) is 0 Å². The molecule has 196 valence electrons. The normalized spacial score (nSPS) is 12.0. The molecule has 5 heteroatoms. The molecule has 0 rings (SSSR count). The van der Waals surface area contributed by atoms with E-state index < -0.39 is 6.10 Å². The molecule has 0 aliphatic carbocycles. The monoisotopic (exact) mass is 470 g/mol. The van der Waals surface area contributed by atoms with Gasteiger partial charge in [-0.2, -0.15) is 0 Å². The van der Waals surface area contributed by atoms with Crippen LogP contribution in [0, 0.1) is 0 Å². The summed E-state index contributed by atoms with van der Waals surface area (Å²) in [5, 5.41) is 9.39. The van der Waals surface area contributed by atoms with Crippen LogP contribution >= 0.6 is 0 Å². The predicted octanol–water partition coefficient (Wildman–Crippen LogP) is 7.67. The lowest BCUT2D eigenvalue weighted by Gasteiger charge is -2.15. The zero-order chi connectivity index (χ0) is 24.4. The summed E-state index contributed by atoms with van der Waals surface area (Å²) in [6.45, 7) is 4.03. The molecule has 5 nitrogen and oxygen atoms in total. The smallest absolute Gasteiger partial charge is 0.306 e. The van der Waals surface area contributed by atoms with E-state index in [0.29, 0.717) is 12.8 Å². The minimum Gasteiger partial charge on any atom is -0.462 e. The van der Waals surface area contributed by atoms with E-state index >= 15 is 0 Å². The first-order valence-corrected chi connectivity index (χ1v) is 14.1. The van der Waals surface area contributed by atoms with Gasteiger partial charge < -0.3 is 14.6 Å². The molecule has 1 N–H and O–H groups in total. The molecule has 1 atom stereocenters. The molecule has 0 aliphatic heterocycles. The first-order valence-electron chi connectivity index (χ1n) is 14.1. The SMILES string of the molecule is CCCCCCCCCCCCCCCCC(=O)OC(CO)COC(=O)CCCCCCC. The summed E-state index contributed by atoms with van der Waals surface area (Å²) >= 11 is 0. The topological polar surface area (TPSA) is 72.8 Å². The number of carbonyl (C=O) groups excluding carboxylic acids is 2. The molecule has 0 fully saturated rings. The Labute approximate surface area is 204 Å². The van der Waals surface area contributed by atoms with E-state index in [1.807, 2.05) is 0 Å². The number of aliphatic hydroxyl groups is 1. The van der Waals surface area contributed by atoms with Gasteiger partial charge in [0.2, 0.25) is 0 Å². The molecule has 0 heterocycles. The van der Waals surface area contributed by atoms with Crippen LogP contribution in [0.15, 0.2) is 0 Å². The standard InChI is InChI=1S/C28H54O5/c1-3-5-7-9-10-11-12-13-14-15-16-17-19-21-23-28(31)33-26(24-29)25-32-27(30)22-20-18-8-6-4-2/h26,29H,3-25H2,1-2H3. The fraction of sp³-hybridized carbons (Fsp3) is 0.929. The highest BCUT2D eigenvalue weighted by Crippen LogP contribution is 2.14. The second-order valence-corrected chi connectivity index (χ2v) is 9.49. The van der Waals surface area contributed by atoms with Crippen molar-refractivity contribution in [3.63, 3.8) is 0 Å². The Morgan fingerprint density at radius 1 is 0.576 bits per heavy atom. The van der Waals surface area contributed by atoms with Crippen LogP contribution in [0.25, 0.3) is 0 Å². The van der Waals surface area contributed by atoms with Gasteiger partial charge in [0.15, 0.2) is 6.10 Å². The van der Waals surface area contributed by atoms with Gasteiger partial charge in [0, 0.05) is 12.8 Å². The Kier molecular flexibility index (Phi) is 24.7. The van der Waals surface area contributed by atoms with E-state index in [0.717, 1.165) is 38.5 Å². The van der Waals surface area contributed by atoms with Crippen LogP contribution in [-0.4, -0.2) is 36.4 Å². The first-order chi connectivity index (χ1) is 16.1. The van der Waals surface area contributed by atoms with Gasteiger partial charge in [0.05, 0.1) is 6.61 Å². The summed E-state index contributed by atoms with van der Waals surface area (Å²) in [5.74, 6) is -0.600. The fourth-order valence-corrected chi connectivity index (χ4v) is 3.96. The lowest BCUT2D eigenvalue weighted by molar-refractivity contribution is -0.161. The van der Waals surface area contributed by atoms with Crippen molar-refractivity contribution >= 4 is 11.9 Å². The van der Waals surface area contributed by atoms with Crippen molar-refractivity contribution in [2.45, 2.75) is 155 Å². The Bertz CT molecular complexity index is 438. The fourth-order valence-electron chi connectivity index (χ4n) is 3.96. The van der Waals surface area contributed by atoms with Gasteiger partial charge in [0.25, 0.3) is 0 Å². The third-order valence-corrected chi connectivity index (χ3v) is 6.15. The third kappa shape index (κ3) is 23.8. The van der Waals surface area contributed by atoms with Crippen LogP contribution in [0.1, 0.15) is 149 Å². The highest BCUT2D eigenvalue weighted by atomic mass is 16.6. The van der Waals surface area contributed by atoms with Crippen molar-refractivity contribution in [3.05, 3.63) is 0 Å². The van der Waals surface area contributed by atoms with E-state index in [4.69, 9.17) is 9.47 Å². The lowest BCUT2D eigenvalue weighted by atomic mass is 10.0. The second kappa shape index (κ2) is 25.5. The molecule has 0 saturated heterocycles. The Hall–Kier alpha value is -1.10. The van der Waals surface area contributed by atoms with Gasteiger partial charge in [0.1, 0.15) is 6.61 Å². The minimum absolute atomic E-state index is 0.0607. The molecule has 0 bridgehead atoms. The Morgan fingerprint density at radius 3 is 1.33 bits per heavy atom. The highest BCUT2D eigenvalue weighted by molar-refractivity contribution is 5.70. The van der Waals surface area contributed by atoms with Crippen LogP contribution in [0.3, 0.4) is 0 Å². The number of hydrogen-bond acceptors (Lipinski definition) is 5. The average molecular weight is 471 g/mol. The summed E-state index contributed by atoms with van der Waals surface area (Å²) in [6.07, 6.45) is 23.2. The summed E-state index contributed by atoms with van der Waals surface area (Å²) in [4.78, 5) is 23.7. The van der Waals surface area contributed by atoms with Crippen LogP contribution in [-0.2, 0) is 19.1 Å². The van der Waals surface area contributed by atoms with Gasteiger partial charge in [-0.15, -0.1) is 0 Å². The molecule has 0 saturated carbocycles. The summed E-state index contributed by atoms with van der Waals surface area (Å²) in [7, 11) is 0. The maximum atomic E-state index is 12.0. The first kappa shape index (κ1) is 31.9. The van der Waals surface area contributed by atoms with Gasteiger partial charge >= 0.3 is 11.9 Å². The van der Waals surface area contributed by atoms with Gasteiger partial charge in [-0.3, -0.25) is 9.59 Å². The van der Waals surface area contributed by atoms with Crippen LogP contribution in [0.2, 0.25) is 0 Å². The van der Waals surface area contributed by atoms with Gasteiger partial charge in [-0.1, -0.05) is 123 Å². The zero-order valence-corrected chi connectivity index (χ0v) is 21.9. The van der Waals surface area contributed by atoms with Crippen molar-refractivity contribution < 1.29 is 24.2 Å². The van der Waals surface area contributed by atoms with Crippen molar-refractivity contribution in [2.24, 2.45) is 0 Å². The third-order valence-electron chi connectivity index (χ3n) is 6.15.